The molecule has 2 nitrogen and oxygen atoms in total. The number of hydrogen-bond donors (Lipinski definition) is 1. The maximum atomic E-state index is 11.9. The molecule has 18 heavy (non-hydrogen) atoms. The van der Waals surface area contributed by atoms with Crippen molar-refractivity contribution in [3.8, 4) is 0 Å². The molecule has 2 aromatic rings. The minimum absolute atomic E-state index is 0.0765. The largest absolute Gasteiger partial charge is 0.350 e. The van der Waals surface area contributed by atoms with Gasteiger partial charge in [0.25, 0.3) is 0 Å². The van der Waals surface area contributed by atoms with Crippen LogP contribution in [-0.4, -0.2) is 11.2 Å². The third-order valence-corrected chi connectivity index (χ3v) is 4.43. The van der Waals surface area contributed by atoms with Gasteiger partial charge < -0.3 is 5.32 Å². The van der Waals surface area contributed by atoms with Crippen molar-refractivity contribution in [3.05, 3.63) is 52.7 Å². The average molecular weight is 277 g/mol. The van der Waals surface area contributed by atoms with E-state index in [1.165, 1.54) is 4.88 Å². The second kappa shape index (κ2) is 6.61. The van der Waals surface area contributed by atoms with Crippen molar-refractivity contribution in [2.45, 2.75) is 23.6 Å². The van der Waals surface area contributed by atoms with Gasteiger partial charge in [0.1, 0.15) is 0 Å². The van der Waals surface area contributed by atoms with Crippen molar-refractivity contribution in [2.75, 3.05) is 0 Å². The number of carbonyl (C=O) groups is 1. The summed E-state index contributed by atoms with van der Waals surface area (Å²) in [7, 11) is 0. The molecule has 4 heteroatoms. The lowest BCUT2D eigenvalue weighted by Gasteiger charge is -2.11. The van der Waals surface area contributed by atoms with Gasteiger partial charge in [0, 0.05) is 9.77 Å². The summed E-state index contributed by atoms with van der Waals surface area (Å²) in [5, 5.41) is 4.90. The Morgan fingerprint density at radius 2 is 2.06 bits per heavy atom. The van der Waals surface area contributed by atoms with E-state index < -0.39 is 0 Å². The number of amides is 1. The van der Waals surface area contributed by atoms with Gasteiger partial charge in [-0.3, -0.25) is 4.79 Å². The zero-order valence-electron chi connectivity index (χ0n) is 10.1. The Labute approximate surface area is 115 Å². The molecule has 0 fully saturated rings. The Hall–Kier alpha value is -1.26. The van der Waals surface area contributed by atoms with Crippen LogP contribution in [0.15, 0.2) is 52.7 Å². The standard InChI is InChI=1S/C14H15NOS2/c1-11(18-12-6-3-2-4-7-12)14(16)15-10-13-8-5-9-17-13/h2-9,11H,10H2,1H3,(H,15,16)/t11-/m1/s1. The fourth-order valence-corrected chi connectivity index (χ4v) is 3.05. The smallest absolute Gasteiger partial charge is 0.233 e. The second-order valence-electron chi connectivity index (χ2n) is 3.87. The number of nitrogens with one attached hydrogen (secondary N) is 1. The van der Waals surface area contributed by atoms with Gasteiger partial charge in [-0.05, 0) is 30.5 Å². The highest BCUT2D eigenvalue weighted by Gasteiger charge is 2.13. The molecule has 0 aliphatic carbocycles. The topological polar surface area (TPSA) is 29.1 Å². The summed E-state index contributed by atoms with van der Waals surface area (Å²) in [6.07, 6.45) is 0. The van der Waals surface area contributed by atoms with Crippen molar-refractivity contribution in [3.63, 3.8) is 0 Å². The molecule has 0 radical (unpaired) electrons. The van der Waals surface area contributed by atoms with E-state index >= 15 is 0 Å². The van der Waals surface area contributed by atoms with Crippen LogP contribution in [0.3, 0.4) is 0 Å². The Morgan fingerprint density at radius 1 is 1.28 bits per heavy atom. The van der Waals surface area contributed by atoms with Gasteiger partial charge in [0.05, 0.1) is 11.8 Å². The summed E-state index contributed by atoms with van der Waals surface area (Å²) in [5.74, 6) is 0.0808. The Kier molecular flexibility index (Phi) is 4.84. The zero-order chi connectivity index (χ0) is 12.8. The summed E-state index contributed by atoms with van der Waals surface area (Å²) in [5.41, 5.74) is 0. The molecule has 94 valence electrons. The van der Waals surface area contributed by atoms with Gasteiger partial charge >= 0.3 is 0 Å². The number of thioether (sulfide) groups is 1. The van der Waals surface area contributed by atoms with E-state index in [2.05, 4.69) is 5.32 Å². The fraction of sp³-hybridized carbons (Fsp3) is 0.214. The minimum atomic E-state index is -0.0765. The van der Waals surface area contributed by atoms with E-state index in [9.17, 15) is 4.79 Å². The summed E-state index contributed by atoms with van der Waals surface area (Å²) in [4.78, 5) is 14.2. The quantitative estimate of drug-likeness (QED) is 0.847. The third-order valence-electron chi connectivity index (χ3n) is 2.44. The Morgan fingerprint density at radius 3 is 2.72 bits per heavy atom. The molecule has 1 amide bonds. The maximum absolute atomic E-state index is 11.9. The predicted molar refractivity (Wildman–Crippen MR) is 77.9 cm³/mol. The van der Waals surface area contributed by atoms with Crippen LogP contribution in [0.4, 0.5) is 0 Å². The Balaban J connectivity index is 1.82. The first kappa shape index (κ1) is 13.2. The van der Waals surface area contributed by atoms with Gasteiger partial charge in [-0.2, -0.15) is 0 Å². The van der Waals surface area contributed by atoms with E-state index in [4.69, 9.17) is 0 Å². The van der Waals surface area contributed by atoms with Crippen molar-refractivity contribution in [1.82, 2.24) is 5.32 Å². The number of carbonyl (C=O) groups excluding carboxylic acids is 1. The summed E-state index contributed by atoms with van der Waals surface area (Å²) < 4.78 is 0. The Bertz CT molecular complexity index is 482. The predicted octanol–water partition coefficient (Wildman–Crippen LogP) is 3.55. The first-order valence-electron chi connectivity index (χ1n) is 5.77. The highest BCUT2D eigenvalue weighted by Crippen LogP contribution is 2.22. The van der Waals surface area contributed by atoms with Gasteiger partial charge in [0.15, 0.2) is 0 Å². The maximum Gasteiger partial charge on any atom is 0.233 e. The van der Waals surface area contributed by atoms with Crippen LogP contribution in [0.25, 0.3) is 0 Å². The molecule has 0 aliphatic heterocycles. The summed E-state index contributed by atoms with van der Waals surface area (Å²) in [6, 6.07) is 14.0. The molecule has 0 aliphatic rings. The van der Waals surface area contributed by atoms with Crippen LogP contribution in [-0.2, 0) is 11.3 Å². The SMILES string of the molecule is C[C@@H](Sc1ccccc1)C(=O)NCc1cccs1. The highest BCUT2D eigenvalue weighted by molar-refractivity contribution is 8.00. The average Bonchev–Trinajstić information content (AvgIpc) is 2.90. The molecule has 0 saturated heterocycles. The van der Waals surface area contributed by atoms with Crippen LogP contribution in [0.2, 0.25) is 0 Å². The van der Waals surface area contributed by atoms with Crippen LogP contribution in [0.1, 0.15) is 11.8 Å². The van der Waals surface area contributed by atoms with Crippen LogP contribution >= 0.6 is 23.1 Å². The van der Waals surface area contributed by atoms with Crippen LogP contribution in [0.5, 0.6) is 0 Å². The molecule has 0 bridgehead atoms. The minimum Gasteiger partial charge on any atom is -0.350 e. The van der Waals surface area contributed by atoms with E-state index in [0.29, 0.717) is 6.54 Å². The number of thiophene rings is 1. The van der Waals surface area contributed by atoms with Gasteiger partial charge in [-0.25, -0.2) is 0 Å². The van der Waals surface area contributed by atoms with Gasteiger partial charge in [0.2, 0.25) is 5.91 Å². The number of hydrogen-bond acceptors (Lipinski definition) is 3. The van der Waals surface area contributed by atoms with Crippen LogP contribution in [0, 0.1) is 0 Å². The van der Waals surface area contributed by atoms with E-state index in [-0.39, 0.29) is 11.2 Å². The highest BCUT2D eigenvalue weighted by atomic mass is 32.2. The fourth-order valence-electron chi connectivity index (χ4n) is 1.49. The second-order valence-corrected chi connectivity index (χ2v) is 6.32. The number of benzene rings is 1. The van der Waals surface area contributed by atoms with Crippen molar-refractivity contribution >= 4 is 29.0 Å². The molecule has 1 heterocycles. The van der Waals surface area contributed by atoms with Crippen molar-refractivity contribution in [2.24, 2.45) is 0 Å². The molecule has 1 aromatic heterocycles. The monoisotopic (exact) mass is 277 g/mol. The molecule has 1 atom stereocenters. The summed E-state index contributed by atoms with van der Waals surface area (Å²) in [6.45, 7) is 2.55. The number of rotatable bonds is 5. The van der Waals surface area contributed by atoms with E-state index in [0.717, 1.165) is 4.90 Å². The molecule has 0 spiro atoms. The lowest BCUT2D eigenvalue weighted by atomic mass is 10.4. The van der Waals surface area contributed by atoms with Gasteiger partial charge in [-0.1, -0.05) is 24.3 Å². The van der Waals surface area contributed by atoms with Crippen LogP contribution < -0.4 is 5.32 Å². The molecular weight excluding hydrogens is 262 g/mol. The first-order valence-corrected chi connectivity index (χ1v) is 7.53. The first-order chi connectivity index (χ1) is 8.75. The molecule has 0 unspecified atom stereocenters. The molecule has 2 rings (SSSR count). The molecular formula is C14H15NOS2. The molecule has 1 N–H and O–H groups in total. The van der Waals surface area contributed by atoms with Crippen molar-refractivity contribution in [1.29, 1.82) is 0 Å². The van der Waals surface area contributed by atoms with E-state index in [1.807, 2.05) is 54.8 Å². The molecule has 0 saturated carbocycles. The lowest BCUT2D eigenvalue weighted by molar-refractivity contribution is -0.120. The normalized spacial score (nSPS) is 12.1. The van der Waals surface area contributed by atoms with Crippen molar-refractivity contribution < 1.29 is 4.79 Å². The summed E-state index contributed by atoms with van der Waals surface area (Å²) >= 11 is 3.24. The lowest BCUT2D eigenvalue weighted by Crippen LogP contribution is -2.30. The van der Waals surface area contributed by atoms with Gasteiger partial charge in [-0.15, -0.1) is 23.1 Å². The molecule has 1 aromatic carbocycles. The van der Waals surface area contributed by atoms with E-state index in [1.54, 1.807) is 23.1 Å². The zero-order valence-corrected chi connectivity index (χ0v) is 11.8. The third kappa shape index (κ3) is 3.89.